The highest BCUT2D eigenvalue weighted by Gasteiger charge is 2.43. The summed E-state index contributed by atoms with van der Waals surface area (Å²) in [5.41, 5.74) is 0.763. The van der Waals surface area contributed by atoms with Crippen LogP contribution in [0.4, 0.5) is 16.4 Å². The summed E-state index contributed by atoms with van der Waals surface area (Å²) in [6, 6.07) is 13.6. The number of carbonyl (C=O) groups is 1. The molecule has 0 aliphatic heterocycles. The van der Waals surface area contributed by atoms with Crippen molar-refractivity contribution in [2.75, 3.05) is 37.8 Å². The van der Waals surface area contributed by atoms with E-state index in [0.29, 0.717) is 29.5 Å². The highest BCUT2D eigenvalue weighted by molar-refractivity contribution is 6.04. The summed E-state index contributed by atoms with van der Waals surface area (Å²) in [5.74, 6) is 3.10. The van der Waals surface area contributed by atoms with E-state index in [-0.39, 0.29) is 6.03 Å². The molecule has 0 radical (unpaired) electrons. The van der Waals surface area contributed by atoms with Crippen molar-refractivity contribution < 1.29 is 9.53 Å². The number of hydrogen-bond acceptors (Lipinski definition) is 6. The zero-order chi connectivity index (χ0) is 24.9. The predicted octanol–water partition coefficient (Wildman–Crippen LogP) is 5.49. The van der Waals surface area contributed by atoms with Crippen molar-refractivity contribution >= 4 is 28.4 Å². The molecule has 0 saturated heterocycles. The number of urea groups is 1. The van der Waals surface area contributed by atoms with Gasteiger partial charge < -0.3 is 25.6 Å². The Kier molecular flexibility index (Phi) is 7.51. The summed E-state index contributed by atoms with van der Waals surface area (Å²) < 4.78 is 6.15. The number of anilines is 2. The number of ether oxygens (including phenoxy) is 1. The highest BCUT2D eigenvalue weighted by Crippen LogP contribution is 2.44. The van der Waals surface area contributed by atoms with E-state index in [9.17, 15) is 4.79 Å². The Morgan fingerprint density at radius 2 is 1.86 bits per heavy atom. The second-order valence-electron chi connectivity index (χ2n) is 10.2. The van der Waals surface area contributed by atoms with Gasteiger partial charge in [0.15, 0.2) is 0 Å². The summed E-state index contributed by atoms with van der Waals surface area (Å²) in [4.78, 5) is 23.6. The molecule has 3 aromatic rings. The number of nitrogens with zero attached hydrogens (tertiary/aromatic N) is 3. The third kappa shape index (κ3) is 6.05. The zero-order valence-electron chi connectivity index (χ0n) is 21.2. The second kappa shape index (κ2) is 11.1. The predicted molar refractivity (Wildman–Crippen MR) is 144 cm³/mol. The van der Waals surface area contributed by atoms with E-state index in [0.717, 1.165) is 41.9 Å². The normalized spacial score (nSPS) is 19.8. The third-order valence-electron chi connectivity index (χ3n) is 7.23. The van der Waals surface area contributed by atoms with Crippen molar-refractivity contribution in [3.8, 4) is 11.6 Å². The average molecular weight is 489 g/mol. The number of likely N-dealkylation sites (N-methyl/N-ethyl adjacent to an activating group) is 1. The molecule has 2 atom stereocenters. The molecule has 0 bridgehead atoms. The molecule has 2 unspecified atom stereocenters. The van der Waals surface area contributed by atoms with E-state index in [1.807, 2.05) is 50.5 Å². The van der Waals surface area contributed by atoms with Crippen molar-refractivity contribution in [3.05, 3.63) is 48.7 Å². The molecule has 1 heterocycles. The van der Waals surface area contributed by atoms with Crippen molar-refractivity contribution in [1.29, 1.82) is 0 Å². The maximum absolute atomic E-state index is 12.8. The Balaban J connectivity index is 1.24. The van der Waals surface area contributed by atoms with Crippen molar-refractivity contribution in [3.63, 3.8) is 0 Å². The first-order chi connectivity index (χ1) is 17.6. The lowest BCUT2D eigenvalue weighted by Crippen LogP contribution is -2.32. The van der Waals surface area contributed by atoms with E-state index < -0.39 is 0 Å². The zero-order valence-corrected chi connectivity index (χ0v) is 21.2. The topological polar surface area (TPSA) is 91.4 Å². The number of nitrogens with one attached hydrogen (secondary N) is 3. The Labute approximate surface area is 212 Å². The van der Waals surface area contributed by atoms with Crippen molar-refractivity contribution in [2.45, 2.75) is 44.6 Å². The van der Waals surface area contributed by atoms with Crippen LogP contribution in [0.25, 0.3) is 10.8 Å². The third-order valence-corrected chi connectivity index (χ3v) is 7.23. The molecule has 36 heavy (non-hydrogen) atoms. The summed E-state index contributed by atoms with van der Waals surface area (Å²) in [7, 11) is 4.05. The molecule has 8 nitrogen and oxygen atoms in total. The van der Waals surface area contributed by atoms with Gasteiger partial charge in [0.05, 0.1) is 5.69 Å². The van der Waals surface area contributed by atoms with Gasteiger partial charge in [0.25, 0.3) is 0 Å². The number of benzene rings is 2. The summed E-state index contributed by atoms with van der Waals surface area (Å²) >= 11 is 0. The molecule has 1 aromatic heterocycles. The lowest BCUT2D eigenvalue weighted by molar-refractivity contribution is 0.249. The van der Waals surface area contributed by atoms with Gasteiger partial charge in [0.2, 0.25) is 11.8 Å². The van der Waals surface area contributed by atoms with Gasteiger partial charge in [-0.3, -0.25) is 0 Å². The van der Waals surface area contributed by atoms with E-state index in [1.54, 1.807) is 12.3 Å². The number of carbonyl (C=O) groups excluding carboxylic acids is 1. The van der Waals surface area contributed by atoms with Gasteiger partial charge in [-0.05, 0) is 44.5 Å². The van der Waals surface area contributed by atoms with E-state index in [2.05, 4.69) is 30.8 Å². The van der Waals surface area contributed by atoms with Gasteiger partial charge in [-0.2, -0.15) is 4.98 Å². The van der Waals surface area contributed by atoms with Crippen LogP contribution >= 0.6 is 0 Å². The molecule has 2 aliphatic rings. The number of aromatic nitrogens is 2. The number of hydrogen-bond donors (Lipinski definition) is 3. The standard InChI is InChI=1S/C28H36N6O2/c1-34(2)17-16-30-27-29-15-14-26(33-27)36-25-13-12-23(20-10-6-7-11-21(20)25)31-28(35)32-24-18-22(24)19-8-4-3-5-9-19/h6-7,10-15,19,22,24H,3-5,8-9,16-18H2,1-2H3,(H,29,30,33)(H2,31,32,35). The van der Waals surface area contributed by atoms with E-state index in [1.165, 1.54) is 32.1 Å². The molecule has 8 heteroatoms. The monoisotopic (exact) mass is 488 g/mol. The molecule has 2 aliphatic carbocycles. The lowest BCUT2D eigenvalue weighted by Gasteiger charge is -2.21. The van der Waals surface area contributed by atoms with Crippen LogP contribution in [0.15, 0.2) is 48.7 Å². The Hall–Kier alpha value is -3.39. The SMILES string of the molecule is CN(C)CCNc1nccc(Oc2ccc(NC(=O)NC3CC3C3CCCCC3)c3ccccc23)n1. The fourth-order valence-corrected chi connectivity index (χ4v) is 5.25. The van der Waals surface area contributed by atoms with Gasteiger partial charge in [-0.1, -0.05) is 56.4 Å². The first-order valence-corrected chi connectivity index (χ1v) is 13.1. The van der Waals surface area contributed by atoms with Crippen LogP contribution in [-0.2, 0) is 0 Å². The molecule has 2 amide bonds. The van der Waals surface area contributed by atoms with Crippen molar-refractivity contribution in [1.82, 2.24) is 20.2 Å². The minimum absolute atomic E-state index is 0.138. The molecule has 0 spiro atoms. The smallest absolute Gasteiger partial charge is 0.319 e. The molecule has 3 N–H and O–H groups in total. The van der Waals surface area contributed by atoms with Gasteiger partial charge >= 0.3 is 6.03 Å². The minimum atomic E-state index is -0.138. The Morgan fingerprint density at radius 3 is 2.67 bits per heavy atom. The minimum Gasteiger partial charge on any atom is -0.438 e. The Bertz CT molecular complexity index is 1190. The molecule has 2 fully saturated rings. The number of rotatable bonds is 9. The molecular weight excluding hydrogens is 452 g/mol. The molecular formula is C28H36N6O2. The van der Waals surface area contributed by atoms with E-state index >= 15 is 0 Å². The molecule has 2 aromatic carbocycles. The quantitative estimate of drug-likeness (QED) is 0.369. The van der Waals surface area contributed by atoms with E-state index in [4.69, 9.17) is 4.74 Å². The lowest BCUT2D eigenvalue weighted by atomic mass is 9.85. The molecule has 5 rings (SSSR count). The van der Waals surface area contributed by atoms with Crippen LogP contribution in [0.2, 0.25) is 0 Å². The molecule has 190 valence electrons. The fraction of sp³-hybridized carbons (Fsp3) is 0.464. The van der Waals surface area contributed by atoms with Crippen LogP contribution < -0.4 is 20.7 Å². The van der Waals surface area contributed by atoms with Crippen LogP contribution in [0.3, 0.4) is 0 Å². The van der Waals surface area contributed by atoms with Crippen LogP contribution in [-0.4, -0.2) is 54.1 Å². The van der Waals surface area contributed by atoms with Gasteiger partial charge in [0.1, 0.15) is 5.75 Å². The van der Waals surface area contributed by atoms with Gasteiger partial charge in [-0.25, -0.2) is 9.78 Å². The summed E-state index contributed by atoms with van der Waals surface area (Å²) in [6.07, 6.45) is 9.46. The van der Waals surface area contributed by atoms with Crippen molar-refractivity contribution in [2.24, 2.45) is 11.8 Å². The maximum atomic E-state index is 12.8. The Morgan fingerprint density at radius 1 is 1.06 bits per heavy atom. The molecule has 2 saturated carbocycles. The summed E-state index contributed by atoms with van der Waals surface area (Å²) in [6.45, 7) is 1.62. The van der Waals surface area contributed by atoms with Gasteiger partial charge in [0, 0.05) is 42.2 Å². The largest absolute Gasteiger partial charge is 0.438 e. The average Bonchev–Trinajstić information content (AvgIpc) is 3.65. The van der Waals surface area contributed by atoms with Crippen LogP contribution in [0.5, 0.6) is 11.6 Å². The first kappa shape index (κ1) is 24.3. The first-order valence-electron chi connectivity index (χ1n) is 13.1. The van der Waals surface area contributed by atoms with Crippen LogP contribution in [0, 0.1) is 11.8 Å². The number of amides is 2. The number of fused-ring (bicyclic) bond motifs is 1. The van der Waals surface area contributed by atoms with Crippen LogP contribution in [0.1, 0.15) is 38.5 Å². The second-order valence-corrected chi connectivity index (χ2v) is 10.2. The maximum Gasteiger partial charge on any atom is 0.319 e. The van der Waals surface area contributed by atoms with Gasteiger partial charge in [-0.15, -0.1) is 0 Å². The summed E-state index contributed by atoms with van der Waals surface area (Å²) in [5, 5.41) is 11.3. The highest BCUT2D eigenvalue weighted by atomic mass is 16.5. The fourth-order valence-electron chi connectivity index (χ4n) is 5.25.